The van der Waals surface area contributed by atoms with Gasteiger partial charge in [0.1, 0.15) is 5.82 Å². The first kappa shape index (κ1) is 14.4. The molecule has 1 atom stereocenters. The van der Waals surface area contributed by atoms with Gasteiger partial charge >= 0.3 is 0 Å². The average Bonchev–Trinajstić information content (AvgIpc) is 2.72. The minimum atomic E-state index is -0.379. The average molecular weight is 348 g/mol. The van der Waals surface area contributed by atoms with Crippen LogP contribution in [0.3, 0.4) is 0 Å². The number of likely N-dealkylation sites (N-methyl/N-ethyl adjacent to an activating group) is 1. The van der Waals surface area contributed by atoms with Crippen LogP contribution in [0.2, 0.25) is 5.02 Å². The van der Waals surface area contributed by atoms with Gasteiger partial charge in [-0.1, -0.05) is 28.9 Å². The van der Waals surface area contributed by atoms with Crippen LogP contribution >= 0.6 is 27.5 Å². The highest BCUT2D eigenvalue weighted by molar-refractivity contribution is 9.10. The number of hydrogen-bond donors (Lipinski definition) is 1. The normalized spacial score (nSPS) is 12.7. The zero-order chi connectivity index (χ0) is 14.0. The van der Waals surface area contributed by atoms with Gasteiger partial charge < -0.3 is 5.32 Å². The van der Waals surface area contributed by atoms with E-state index in [9.17, 15) is 4.39 Å². The Kier molecular flexibility index (Phi) is 4.54. The third-order valence-corrected chi connectivity index (χ3v) is 3.82. The fourth-order valence-electron chi connectivity index (χ4n) is 1.97. The number of hydrogen-bond acceptors (Lipinski definition) is 3. The second kappa shape index (κ2) is 5.98. The van der Waals surface area contributed by atoms with E-state index in [1.165, 1.54) is 6.07 Å². The molecule has 1 aromatic heterocycles. The van der Waals surface area contributed by atoms with Crippen LogP contribution in [0.25, 0.3) is 0 Å². The molecule has 1 heterocycles. The first-order valence-electron chi connectivity index (χ1n) is 5.69. The summed E-state index contributed by atoms with van der Waals surface area (Å²) in [5.74, 6) is -0.379. The maximum absolute atomic E-state index is 13.9. The molecule has 0 saturated heterocycles. The third kappa shape index (κ3) is 2.96. The van der Waals surface area contributed by atoms with Gasteiger partial charge in [0.25, 0.3) is 0 Å². The summed E-state index contributed by atoms with van der Waals surface area (Å²) in [5.41, 5.74) is 1.42. The lowest BCUT2D eigenvalue weighted by Crippen LogP contribution is -2.22. The van der Waals surface area contributed by atoms with Gasteiger partial charge in [0.2, 0.25) is 0 Å². The zero-order valence-corrected chi connectivity index (χ0v) is 12.8. The van der Waals surface area contributed by atoms with E-state index in [-0.39, 0.29) is 16.9 Å². The molecule has 0 saturated carbocycles. The molecular weight excluding hydrogens is 335 g/mol. The Hall–Kier alpha value is -0.980. The van der Waals surface area contributed by atoms with Crippen molar-refractivity contribution < 1.29 is 4.39 Å². The van der Waals surface area contributed by atoms with Crippen LogP contribution in [0.4, 0.5) is 4.39 Å². The molecule has 0 spiro atoms. The van der Waals surface area contributed by atoms with Crippen molar-refractivity contribution in [3.63, 3.8) is 0 Å². The molecule has 1 aromatic carbocycles. The van der Waals surface area contributed by atoms with Gasteiger partial charge in [-0.25, -0.2) is 9.07 Å². The van der Waals surface area contributed by atoms with Crippen LogP contribution in [0.15, 0.2) is 22.8 Å². The Morgan fingerprint density at radius 3 is 2.84 bits per heavy atom. The molecule has 0 fully saturated rings. The first-order chi connectivity index (χ1) is 9.04. The van der Waals surface area contributed by atoms with Crippen LogP contribution in [0.1, 0.15) is 17.3 Å². The van der Waals surface area contributed by atoms with Crippen LogP contribution in [-0.4, -0.2) is 22.0 Å². The van der Waals surface area contributed by atoms with Gasteiger partial charge in [-0.2, -0.15) is 0 Å². The van der Waals surface area contributed by atoms with E-state index in [2.05, 4.69) is 31.6 Å². The summed E-state index contributed by atoms with van der Waals surface area (Å²) in [4.78, 5) is 0. The molecule has 1 N–H and O–H groups in total. The predicted molar refractivity (Wildman–Crippen MR) is 75.6 cm³/mol. The molecule has 0 amide bonds. The SMILES string of the molecule is CNC(Cc1cccc(Cl)c1F)c1c(Br)nnn1C. The number of benzene rings is 1. The van der Waals surface area contributed by atoms with Gasteiger partial charge in [-0.15, -0.1) is 5.10 Å². The minimum Gasteiger partial charge on any atom is -0.311 e. The van der Waals surface area contributed by atoms with Crippen molar-refractivity contribution in [1.82, 2.24) is 20.3 Å². The third-order valence-electron chi connectivity index (χ3n) is 2.96. The van der Waals surface area contributed by atoms with Crippen LogP contribution in [0.5, 0.6) is 0 Å². The fourth-order valence-corrected chi connectivity index (χ4v) is 2.77. The largest absolute Gasteiger partial charge is 0.311 e. The molecule has 1 unspecified atom stereocenters. The highest BCUT2D eigenvalue weighted by Crippen LogP contribution is 2.26. The zero-order valence-electron chi connectivity index (χ0n) is 10.5. The molecular formula is C12H13BrClFN4. The Bertz CT molecular complexity index is 568. The van der Waals surface area contributed by atoms with E-state index in [1.54, 1.807) is 23.9 Å². The van der Waals surface area contributed by atoms with Crippen molar-refractivity contribution in [1.29, 1.82) is 0 Å². The van der Waals surface area contributed by atoms with Crippen molar-refractivity contribution >= 4 is 27.5 Å². The van der Waals surface area contributed by atoms with Crippen molar-refractivity contribution in [3.05, 3.63) is 44.9 Å². The van der Waals surface area contributed by atoms with Crippen molar-refractivity contribution in [3.8, 4) is 0 Å². The van der Waals surface area contributed by atoms with Gasteiger partial charge in [-0.05, 0) is 41.0 Å². The highest BCUT2D eigenvalue weighted by Gasteiger charge is 2.20. The summed E-state index contributed by atoms with van der Waals surface area (Å²) >= 11 is 9.14. The van der Waals surface area contributed by atoms with Gasteiger partial charge in [0, 0.05) is 7.05 Å². The highest BCUT2D eigenvalue weighted by atomic mass is 79.9. The monoisotopic (exact) mass is 346 g/mol. The number of nitrogens with one attached hydrogen (secondary N) is 1. The lowest BCUT2D eigenvalue weighted by Gasteiger charge is -2.17. The van der Waals surface area contributed by atoms with Gasteiger partial charge in [0.05, 0.1) is 16.8 Å². The van der Waals surface area contributed by atoms with Crippen molar-refractivity contribution in [2.75, 3.05) is 7.05 Å². The van der Waals surface area contributed by atoms with Gasteiger partial charge in [0.15, 0.2) is 4.60 Å². The number of nitrogens with zero attached hydrogens (tertiary/aromatic N) is 3. The first-order valence-corrected chi connectivity index (χ1v) is 6.87. The maximum atomic E-state index is 13.9. The lowest BCUT2D eigenvalue weighted by molar-refractivity contribution is 0.516. The van der Waals surface area contributed by atoms with E-state index in [0.29, 0.717) is 16.6 Å². The van der Waals surface area contributed by atoms with Crippen molar-refractivity contribution in [2.45, 2.75) is 12.5 Å². The number of aromatic nitrogens is 3. The summed E-state index contributed by atoms with van der Waals surface area (Å²) in [6.07, 6.45) is 0.461. The summed E-state index contributed by atoms with van der Waals surface area (Å²) < 4.78 is 16.2. The molecule has 0 aliphatic rings. The summed E-state index contributed by atoms with van der Waals surface area (Å²) in [7, 11) is 3.61. The smallest absolute Gasteiger partial charge is 0.153 e. The van der Waals surface area contributed by atoms with Crippen molar-refractivity contribution in [2.24, 2.45) is 7.05 Å². The Balaban J connectivity index is 2.32. The molecule has 0 aliphatic heterocycles. The lowest BCUT2D eigenvalue weighted by atomic mass is 10.0. The summed E-state index contributed by atoms with van der Waals surface area (Å²) in [5, 5.41) is 11.1. The number of halogens is 3. The second-order valence-corrected chi connectivity index (χ2v) is 5.31. The van der Waals surface area contributed by atoms with Crippen LogP contribution in [-0.2, 0) is 13.5 Å². The Labute approximate surface area is 124 Å². The Morgan fingerprint density at radius 2 is 2.26 bits per heavy atom. The number of rotatable bonds is 4. The van der Waals surface area contributed by atoms with Gasteiger partial charge in [-0.3, -0.25) is 0 Å². The molecule has 102 valence electrons. The summed E-state index contributed by atoms with van der Waals surface area (Å²) in [6.45, 7) is 0. The van der Waals surface area contributed by atoms with E-state index in [0.717, 1.165) is 5.69 Å². The molecule has 2 rings (SSSR count). The molecule has 0 aliphatic carbocycles. The van der Waals surface area contributed by atoms with E-state index in [1.807, 2.05) is 7.05 Å². The van der Waals surface area contributed by atoms with Crippen LogP contribution < -0.4 is 5.32 Å². The standard InChI is InChI=1S/C12H13BrClFN4/c1-16-9(11-12(13)17-18-19(11)2)6-7-4-3-5-8(14)10(7)15/h3-5,9,16H,6H2,1-2H3. The van der Waals surface area contributed by atoms with Crippen LogP contribution in [0, 0.1) is 5.82 Å². The quantitative estimate of drug-likeness (QED) is 0.925. The molecule has 0 bridgehead atoms. The molecule has 4 nitrogen and oxygen atoms in total. The topological polar surface area (TPSA) is 42.7 Å². The summed E-state index contributed by atoms with van der Waals surface area (Å²) in [6, 6.07) is 4.89. The van der Waals surface area contributed by atoms with E-state index in [4.69, 9.17) is 11.6 Å². The molecule has 0 radical (unpaired) electrons. The molecule has 2 aromatic rings. The molecule has 7 heteroatoms. The Morgan fingerprint density at radius 1 is 1.53 bits per heavy atom. The fraction of sp³-hybridized carbons (Fsp3) is 0.333. The molecule has 19 heavy (non-hydrogen) atoms. The maximum Gasteiger partial charge on any atom is 0.153 e. The minimum absolute atomic E-state index is 0.109. The number of aryl methyl sites for hydroxylation is 1. The van der Waals surface area contributed by atoms with E-state index < -0.39 is 0 Å². The van der Waals surface area contributed by atoms with E-state index >= 15 is 0 Å². The second-order valence-electron chi connectivity index (χ2n) is 4.15. The predicted octanol–water partition coefficient (Wildman–Crippen LogP) is 2.87.